The Bertz CT molecular complexity index is 637. The normalized spacial score (nSPS) is 18.0. The molecule has 2 rings (SSSR count). The highest BCUT2D eigenvalue weighted by Gasteiger charge is 2.37. The van der Waals surface area contributed by atoms with Gasteiger partial charge < -0.3 is 19.1 Å². The van der Waals surface area contributed by atoms with Crippen LogP contribution in [0.5, 0.6) is 0 Å². The molecule has 0 amide bonds. The first-order valence-electron chi connectivity index (χ1n) is 9.94. The zero-order valence-electron chi connectivity index (χ0n) is 17.3. The van der Waals surface area contributed by atoms with Gasteiger partial charge in [0.2, 0.25) is 11.8 Å². The zero-order chi connectivity index (χ0) is 20.6. The van der Waals surface area contributed by atoms with Crippen molar-refractivity contribution >= 4 is 0 Å². The summed E-state index contributed by atoms with van der Waals surface area (Å²) in [4.78, 5) is 13.8. The standard InChI is InChI=1S/C21H32N2O5/c1-5-27-21(4,28-6-2)19(22-12-14-26-15-13-22)16-17(3)20(23(24)25)18-10-8-7-9-11-18/h7-11,16-17,20H,5-6,12-15H2,1-4H3/b19-16-. The smallest absolute Gasteiger partial charge is 0.244 e. The van der Waals surface area contributed by atoms with Gasteiger partial charge in [-0.15, -0.1) is 0 Å². The van der Waals surface area contributed by atoms with E-state index in [0.29, 0.717) is 45.1 Å². The molecule has 0 radical (unpaired) electrons. The van der Waals surface area contributed by atoms with Crippen molar-refractivity contribution in [1.82, 2.24) is 4.90 Å². The molecular formula is C21H32N2O5. The van der Waals surface area contributed by atoms with E-state index < -0.39 is 11.8 Å². The second kappa shape index (κ2) is 10.5. The number of morpholine rings is 1. The summed E-state index contributed by atoms with van der Waals surface area (Å²) in [5, 5.41) is 11.9. The molecule has 0 bridgehead atoms. The zero-order valence-corrected chi connectivity index (χ0v) is 17.3. The van der Waals surface area contributed by atoms with Crippen LogP contribution < -0.4 is 0 Å². The Morgan fingerprint density at radius 3 is 2.32 bits per heavy atom. The van der Waals surface area contributed by atoms with Crippen LogP contribution in [0.2, 0.25) is 0 Å². The van der Waals surface area contributed by atoms with E-state index in [1.807, 2.05) is 52.0 Å². The summed E-state index contributed by atoms with van der Waals surface area (Å²) in [6.45, 7) is 11.2. The molecule has 0 N–H and O–H groups in total. The van der Waals surface area contributed by atoms with Crippen LogP contribution >= 0.6 is 0 Å². The summed E-state index contributed by atoms with van der Waals surface area (Å²) in [7, 11) is 0. The molecule has 156 valence electrons. The molecule has 0 spiro atoms. The number of ether oxygens (including phenoxy) is 3. The van der Waals surface area contributed by atoms with E-state index in [1.54, 1.807) is 12.1 Å². The van der Waals surface area contributed by atoms with E-state index in [-0.39, 0.29) is 10.8 Å². The van der Waals surface area contributed by atoms with Crippen molar-refractivity contribution in [3.05, 3.63) is 57.8 Å². The van der Waals surface area contributed by atoms with E-state index in [9.17, 15) is 10.1 Å². The molecule has 1 fully saturated rings. The van der Waals surface area contributed by atoms with Gasteiger partial charge >= 0.3 is 0 Å². The Hall–Kier alpha value is -1.96. The van der Waals surface area contributed by atoms with Gasteiger partial charge in [-0.25, -0.2) is 0 Å². The van der Waals surface area contributed by atoms with Crippen LogP contribution in [0.25, 0.3) is 0 Å². The van der Waals surface area contributed by atoms with Crippen LogP contribution in [-0.4, -0.2) is 55.1 Å². The highest BCUT2D eigenvalue weighted by Crippen LogP contribution is 2.33. The summed E-state index contributed by atoms with van der Waals surface area (Å²) in [6.07, 6.45) is 1.94. The van der Waals surface area contributed by atoms with Gasteiger partial charge in [0.1, 0.15) is 0 Å². The van der Waals surface area contributed by atoms with Crippen LogP contribution in [0.1, 0.15) is 39.3 Å². The van der Waals surface area contributed by atoms with Crippen molar-refractivity contribution in [2.24, 2.45) is 5.92 Å². The topological polar surface area (TPSA) is 74.1 Å². The molecule has 0 aromatic heterocycles. The fraction of sp³-hybridized carbons (Fsp3) is 0.619. The maximum atomic E-state index is 11.9. The number of benzene rings is 1. The van der Waals surface area contributed by atoms with Gasteiger partial charge in [-0.05, 0) is 26.8 Å². The highest BCUT2D eigenvalue weighted by molar-refractivity contribution is 5.21. The molecule has 28 heavy (non-hydrogen) atoms. The van der Waals surface area contributed by atoms with Gasteiger partial charge in [0.25, 0.3) is 0 Å². The Kier molecular flexibility index (Phi) is 8.41. The summed E-state index contributed by atoms with van der Waals surface area (Å²) in [6, 6.07) is 8.28. The quantitative estimate of drug-likeness (QED) is 0.344. The predicted molar refractivity (Wildman–Crippen MR) is 107 cm³/mol. The Labute approximate surface area is 167 Å². The summed E-state index contributed by atoms with van der Waals surface area (Å²) < 4.78 is 17.5. The second-order valence-electron chi connectivity index (χ2n) is 6.96. The SMILES string of the molecule is CCOC(C)(OCC)/C(=C/C(C)C(c1ccccc1)[N+](=O)[O-])N1CCOCC1. The number of nitrogens with zero attached hydrogens (tertiary/aromatic N) is 2. The van der Waals surface area contributed by atoms with E-state index in [0.717, 1.165) is 5.70 Å². The molecule has 1 aromatic rings. The van der Waals surface area contributed by atoms with Crippen LogP contribution in [0.4, 0.5) is 0 Å². The van der Waals surface area contributed by atoms with Crippen molar-refractivity contribution in [1.29, 1.82) is 0 Å². The molecule has 7 nitrogen and oxygen atoms in total. The first kappa shape index (κ1) is 22.3. The Morgan fingerprint density at radius 2 is 1.82 bits per heavy atom. The maximum absolute atomic E-state index is 11.9. The molecule has 0 aliphatic carbocycles. The Balaban J connectivity index is 2.44. The van der Waals surface area contributed by atoms with Gasteiger partial charge in [-0.3, -0.25) is 10.1 Å². The van der Waals surface area contributed by atoms with Crippen molar-refractivity contribution in [2.75, 3.05) is 39.5 Å². The van der Waals surface area contributed by atoms with Gasteiger partial charge in [0, 0.05) is 42.7 Å². The molecule has 1 aliphatic heterocycles. The first-order valence-corrected chi connectivity index (χ1v) is 9.94. The van der Waals surface area contributed by atoms with Gasteiger partial charge in [0.15, 0.2) is 0 Å². The lowest BCUT2D eigenvalue weighted by molar-refractivity contribution is -0.535. The lowest BCUT2D eigenvalue weighted by atomic mass is 9.92. The number of nitro groups is 1. The molecule has 1 heterocycles. The molecular weight excluding hydrogens is 360 g/mol. The third-order valence-electron chi connectivity index (χ3n) is 4.94. The van der Waals surface area contributed by atoms with Crippen LogP contribution in [0.3, 0.4) is 0 Å². The third-order valence-corrected chi connectivity index (χ3v) is 4.94. The molecule has 1 aliphatic rings. The largest absolute Gasteiger partial charge is 0.378 e. The number of rotatable bonds is 10. The van der Waals surface area contributed by atoms with E-state index >= 15 is 0 Å². The molecule has 2 atom stereocenters. The highest BCUT2D eigenvalue weighted by atomic mass is 16.7. The minimum Gasteiger partial charge on any atom is -0.378 e. The minimum absolute atomic E-state index is 0.216. The molecule has 7 heteroatoms. The molecule has 1 saturated heterocycles. The van der Waals surface area contributed by atoms with Crippen molar-refractivity contribution < 1.29 is 19.1 Å². The Morgan fingerprint density at radius 1 is 1.25 bits per heavy atom. The summed E-state index contributed by atoms with van der Waals surface area (Å²) in [5.41, 5.74) is 1.52. The lowest BCUT2D eigenvalue weighted by Gasteiger charge is -2.41. The first-order chi connectivity index (χ1) is 13.4. The summed E-state index contributed by atoms with van der Waals surface area (Å²) >= 11 is 0. The average molecular weight is 392 g/mol. The molecule has 1 aromatic carbocycles. The maximum Gasteiger partial charge on any atom is 0.244 e. The molecule has 2 unspecified atom stereocenters. The van der Waals surface area contributed by atoms with Gasteiger partial charge in [0.05, 0.1) is 18.9 Å². The fourth-order valence-corrected chi connectivity index (χ4v) is 3.70. The van der Waals surface area contributed by atoms with Crippen molar-refractivity contribution in [3.63, 3.8) is 0 Å². The number of hydrogen-bond acceptors (Lipinski definition) is 6. The predicted octanol–water partition coefficient (Wildman–Crippen LogP) is 3.65. The molecule has 0 saturated carbocycles. The minimum atomic E-state index is -0.965. The van der Waals surface area contributed by atoms with Crippen LogP contribution in [0, 0.1) is 16.0 Å². The van der Waals surface area contributed by atoms with Crippen molar-refractivity contribution in [3.8, 4) is 0 Å². The second-order valence-corrected chi connectivity index (χ2v) is 6.96. The monoisotopic (exact) mass is 392 g/mol. The van der Waals surface area contributed by atoms with Gasteiger partial charge in [-0.1, -0.05) is 37.3 Å². The van der Waals surface area contributed by atoms with Gasteiger partial charge in [-0.2, -0.15) is 0 Å². The fourth-order valence-electron chi connectivity index (χ4n) is 3.70. The van der Waals surface area contributed by atoms with Crippen LogP contribution in [0.15, 0.2) is 42.1 Å². The van der Waals surface area contributed by atoms with E-state index in [2.05, 4.69) is 4.90 Å². The van der Waals surface area contributed by atoms with E-state index in [4.69, 9.17) is 14.2 Å². The van der Waals surface area contributed by atoms with E-state index in [1.165, 1.54) is 0 Å². The third kappa shape index (κ3) is 5.53. The van der Waals surface area contributed by atoms with Crippen molar-refractivity contribution in [2.45, 2.75) is 39.5 Å². The average Bonchev–Trinajstić information content (AvgIpc) is 2.68. The number of hydrogen-bond donors (Lipinski definition) is 0. The summed E-state index contributed by atoms with van der Waals surface area (Å²) in [5.74, 6) is -1.32. The van der Waals surface area contributed by atoms with Crippen LogP contribution in [-0.2, 0) is 14.2 Å². The lowest BCUT2D eigenvalue weighted by Crippen LogP contribution is -2.47.